The van der Waals surface area contributed by atoms with Crippen LogP contribution in [0.3, 0.4) is 0 Å². The molecule has 0 fully saturated rings. The van der Waals surface area contributed by atoms with Crippen molar-refractivity contribution in [3.05, 3.63) is 35.6 Å². The zero-order valence-corrected chi connectivity index (χ0v) is 11.8. The number of hydrogen-bond donors (Lipinski definition) is 1. The number of carboxylic acid groups (broad SMARTS) is 1. The van der Waals surface area contributed by atoms with Gasteiger partial charge in [-0.1, -0.05) is 26.0 Å². The van der Waals surface area contributed by atoms with Crippen LogP contribution in [-0.2, 0) is 9.59 Å². The summed E-state index contributed by atoms with van der Waals surface area (Å²) in [5, 5.41) is 8.80. The van der Waals surface area contributed by atoms with Gasteiger partial charge in [0.15, 0.2) is 0 Å². The van der Waals surface area contributed by atoms with Gasteiger partial charge in [-0.2, -0.15) is 0 Å². The van der Waals surface area contributed by atoms with E-state index >= 15 is 0 Å². The zero-order chi connectivity index (χ0) is 15.1. The van der Waals surface area contributed by atoms with Crippen LogP contribution >= 0.6 is 0 Å². The van der Waals surface area contributed by atoms with E-state index in [0.717, 1.165) is 5.56 Å². The highest BCUT2D eigenvalue weighted by Crippen LogP contribution is 2.20. The number of halogens is 1. The molecule has 4 nitrogen and oxygen atoms in total. The van der Waals surface area contributed by atoms with Crippen LogP contribution in [-0.4, -0.2) is 35.0 Å². The summed E-state index contributed by atoms with van der Waals surface area (Å²) in [4.78, 5) is 24.2. The summed E-state index contributed by atoms with van der Waals surface area (Å²) in [5.41, 5.74) is 0.741. The molecule has 1 aromatic carbocycles. The maximum Gasteiger partial charge on any atom is 0.323 e. The summed E-state index contributed by atoms with van der Waals surface area (Å²) in [5.74, 6) is -1.72. The maximum atomic E-state index is 13.1. The van der Waals surface area contributed by atoms with Crippen LogP contribution in [0.4, 0.5) is 4.39 Å². The molecule has 0 aliphatic heterocycles. The Bertz CT molecular complexity index is 476. The van der Waals surface area contributed by atoms with Crippen molar-refractivity contribution in [3.8, 4) is 0 Å². The lowest BCUT2D eigenvalue weighted by atomic mass is 9.97. The van der Waals surface area contributed by atoms with Crippen LogP contribution in [0.5, 0.6) is 0 Å². The largest absolute Gasteiger partial charge is 0.480 e. The molecule has 1 N–H and O–H groups in total. The second kappa shape index (κ2) is 7.62. The van der Waals surface area contributed by atoms with Gasteiger partial charge in [-0.15, -0.1) is 0 Å². The van der Waals surface area contributed by atoms with Gasteiger partial charge in [-0.25, -0.2) is 4.39 Å². The minimum absolute atomic E-state index is 0.147. The molecular weight excluding hydrogens is 261 g/mol. The summed E-state index contributed by atoms with van der Waals surface area (Å²) < 4.78 is 13.1. The highest BCUT2D eigenvalue weighted by Gasteiger charge is 2.19. The Labute approximate surface area is 118 Å². The number of carboxylic acids is 1. The van der Waals surface area contributed by atoms with E-state index in [9.17, 15) is 14.0 Å². The van der Waals surface area contributed by atoms with Gasteiger partial charge >= 0.3 is 5.97 Å². The van der Waals surface area contributed by atoms with Gasteiger partial charge in [0.2, 0.25) is 5.91 Å². The Morgan fingerprint density at radius 3 is 2.65 bits per heavy atom. The predicted molar refractivity (Wildman–Crippen MR) is 73.9 cm³/mol. The van der Waals surface area contributed by atoms with Gasteiger partial charge in [0.25, 0.3) is 0 Å². The molecule has 0 radical (unpaired) electrons. The lowest BCUT2D eigenvalue weighted by Crippen LogP contribution is -2.36. The molecular formula is C15H20FNO3. The molecule has 0 aliphatic carbocycles. The molecule has 0 saturated carbocycles. The highest BCUT2D eigenvalue weighted by molar-refractivity contribution is 5.81. The smallest absolute Gasteiger partial charge is 0.323 e. The van der Waals surface area contributed by atoms with Crippen molar-refractivity contribution in [2.45, 2.75) is 32.6 Å². The number of amides is 1. The molecule has 0 heterocycles. The molecule has 1 rings (SSSR count). The Morgan fingerprint density at radius 1 is 1.40 bits per heavy atom. The minimum Gasteiger partial charge on any atom is -0.480 e. The number of rotatable bonds is 7. The first-order chi connectivity index (χ1) is 9.43. The second-order valence-electron chi connectivity index (χ2n) is 4.87. The fraction of sp³-hybridized carbons (Fsp3) is 0.467. The first-order valence-corrected chi connectivity index (χ1v) is 6.69. The first kappa shape index (κ1) is 16.1. The number of carbonyl (C=O) groups is 2. The maximum absolute atomic E-state index is 13.1. The van der Waals surface area contributed by atoms with Gasteiger partial charge in [-0.3, -0.25) is 9.59 Å². The van der Waals surface area contributed by atoms with Gasteiger partial charge in [0.1, 0.15) is 12.4 Å². The third-order valence-corrected chi connectivity index (χ3v) is 3.07. The molecule has 0 saturated heterocycles. The average molecular weight is 281 g/mol. The van der Waals surface area contributed by atoms with Crippen molar-refractivity contribution < 1.29 is 19.1 Å². The van der Waals surface area contributed by atoms with E-state index in [0.29, 0.717) is 13.0 Å². The van der Waals surface area contributed by atoms with E-state index in [1.165, 1.54) is 17.0 Å². The van der Waals surface area contributed by atoms with Crippen molar-refractivity contribution in [3.63, 3.8) is 0 Å². The Morgan fingerprint density at radius 2 is 2.10 bits per heavy atom. The topological polar surface area (TPSA) is 57.6 Å². The number of hydrogen-bond acceptors (Lipinski definition) is 2. The lowest BCUT2D eigenvalue weighted by molar-refractivity contribution is -0.144. The van der Waals surface area contributed by atoms with Crippen LogP contribution in [0.2, 0.25) is 0 Å². The van der Waals surface area contributed by atoms with Crippen molar-refractivity contribution in [1.82, 2.24) is 4.90 Å². The number of carbonyl (C=O) groups excluding carboxylic acids is 1. The van der Waals surface area contributed by atoms with Crippen LogP contribution in [0.1, 0.15) is 38.2 Å². The van der Waals surface area contributed by atoms with Gasteiger partial charge in [0.05, 0.1) is 0 Å². The molecule has 110 valence electrons. The van der Waals surface area contributed by atoms with Crippen molar-refractivity contribution in [2.24, 2.45) is 0 Å². The summed E-state index contributed by atoms with van der Waals surface area (Å²) in [6.45, 7) is 3.85. The Kier molecular flexibility index (Phi) is 6.15. The highest BCUT2D eigenvalue weighted by atomic mass is 19.1. The SMILES string of the molecule is CCCN(CC(=O)O)C(=O)CC(C)c1cccc(F)c1. The van der Waals surface area contributed by atoms with Crippen LogP contribution in [0.15, 0.2) is 24.3 Å². The second-order valence-corrected chi connectivity index (χ2v) is 4.87. The summed E-state index contributed by atoms with van der Waals surface area (Å²) in [7, 11) is 0. The zero-order valence-electron chi connectivity index (χ0n) is 11.8. The fourth-order valence-electron chi connectivity index (χ4n) is 2.05. The molecule has 20 heavy (non-hydrogen) atoms. The molecule has 0 bridgehead atoms. The average Bonchev–Trinajstić information content (AvgIpc) is 2.37. The molecule has 1 aromatic rings. The first-order valence-electron chi connectivity index (χ1n) is 6.69. The van der Waals surface area contributed by atoms with E-state index in [1.54, 1.807) is 12.1 Å². The molecule has 0 aromatic heterocycles. The quantitative estimate of drug-likeness (QED) is 0.836. The normalized spacial score (nSPS) is 11.9. The molecule has 0 spiro atoms. The van der Waals surface area contributed by atoms with Gasteiger partial charge in [-0.05, 0) is 30.0 Å². The molecule has 0 aliphatic rings. The third kappa shape index (κ3) is 4.99. The monoisotopic (exact) mass is 281 g/mol. The van der Waals surface area contributed by atoms with Crippen LogP contribution in [0.25, 0.3) is 0 Å². The van der Waals surface area contributed by atoms with E-state index in [4.69, 9.17) is 5.11 Å². The number of benzene rings is 1. The predicted octanol–water partition coefficient (Wildman–Crippen LogP) is 2.64. The minimum atomic E-state index is -1.02. The van der Waals surface area contributed by atoms with E-state index in [1.807, 2.05) is 13.8 Å². The summed E-state index contributed by atoms with van der Waals surface area (Å²) >= 11 is 0. The van der Waals surface area contributed by atoms with Crippen molar-refractivity contribution in [2.75, 3.05) is 13.1 Å². The standard InChI is InChI=1S/C15H20FNO3/c1-3-7-17(10-15(19)20)14(18)8-11(2)12-5-4-6-13(16)9-12/h4-6,9,11H,3,7-8,10H2,1-2H3,(H,19,20). The molecule has 1 unspecified atom stereocenters. The summed E-state index contributed by atoms with van der Waals surface area (Å²) in [6.07, 6.45) is 0.879. The Hall–Kier alpha value is -1.91. The summed E-state index contributed by atoms with van der Waals surface area (Å²) in [6, 6.07) is 6.13. The molecule has 1 atom stereocenters. The molecule has 5 heteroatoms. The van der Waals surface area contributed by atoms with Crippen molar-refractivity contribution >= 4 is 11.9 Å². The molecule has 1 amide bonds. The third-order valence-electron chi connectivity index (χ3n) is 3.07. The van der Waals surface area contributed by atoms with Crippen LogP contribution in [0, 0.1) is 5.82 Å². The van der Waals surface area contributed by atoms with E-state index in [2.05, 4.69) is 0 Å². The number of aliphatic carboxylic acids is 1. The number of nitrogens with zero attached hydrogens (tertiary/aromatic N) is 1. The van der Waals surface area contributed by atoms with Crippen LogP contribution < -0.4 is 0 Å². The van der Waals surface area contributed by atoms with E-state index < -0.39 is 5.97 Å². The fourth-order valence-corrected chi connectivity index (χ4v) is 2.05. The lowest BCUT2D eigenvalue weighted by Gasteiger charge is -2.22. The van der Waals surface area contributed by atoms with Gasteiger partial charge < -0.3 is 10.0 Å². The Balaban J connectivity index is 2.69. The van der Waals surface area contributed by atoms with Gasteiger partial charge in [0, 0.05) is 13.0 Å². The van der Waals surface area contributed by atoms with E-state index in [-0.39, 0.29) is 30.6 Å². The van der Waals surface area contributed by atoms with Crippen molar-refractivity contribution in [1.29, 1.82) is 0 Å².